The maximum atomic E-state index is 5.72. The molecule has 0 atom stereocenters. The number of hydrogen-bond donors (Lipinski definition) is 1. The second kappa shape index (κ2) is 3.37. The van der Waals surface area contributed by atoms with E-state index in [1.165, 1.54) is 0 Å². The van der Waals surface area contributed by atoms with Crippen LogP contribution in [0.25, 0.3) is 0 Å². The second-order valence-electron chi connectivity index (χ2n) is 2.83. The van der Waals surface area contributed by atoms with Crippen LogP contribution < -0.4 is 15.1 Å². The van der Waals surface area contributed by atoms with Crippen molar-refractivity contribution in [3.8, 4) is 0 Å². The molecule has 0 aromatic carbocycles. The van der Waals surface area contributed by atoms with Gasteiger partial charge in [-0.2, -0.15) is 0 Å². The Labute approximate surface area is 81.5 Å². The van der Waals surface area contributed by atoms with Gasteiger partial charge in [0, 0.05) is 19.1 Å². The molecular formula is C9H11N5+2. The highest BCUT2D eigenvalue weighted by Gasteiger charge is 2.14. The van der Waals surface area contributed by atoms with E-state index in [4.69, 9.17) is 5.73 Å². The molecule has 0 fully saturated rings. The first kappa shape index (κ1) is 8.55. The van der Waals surface area contributed by atoms with Crippen LogP contribution in [0.2, 0.25) is 0 Å². The summed E-state index contributed by atoms with van der Waals surface area (Å²) in [6.45, 7) is 1.90. The Morgan fingerprint density at radius 2 is 1.71 bits per heavy atom. The molecule has 0 saturated carbocycles. The highest BCUT2D eigenvalue weighted by Crippen LogP contribution is 1.83. The second-order valence-corrected chi connectivity index (χ2v) is 2.83. The maximum absolute atomic E-state index is 5.72. The summed E-state index contributed by atoms with van der Waals surface area (Å²) >= 11 is 0. The van der Waals surface area contributed by atoms with Crippen molar-refractivity contribution in [3.05, 3.63) is 42.7 Å². The summed E-state index contributed by atoms with van der Waals surface area (Å²) in [6.07, 6.45) is 7.09. The molecule has 2 aromatic heterocycles. The van der Waals surface area contributed by atoms with Gasteiger partial charge in [0.15, 0.2) is 0 Å². The van der Waals surface area contributed by atoms with Gasteiger partial charge in [-0.25, -0.2) is 0 Å². The van der Waals surface area contributed by atoms with E-state index in [0.29, 0.717) is 5.95 Å². The molecule has 0 radical (unpaired) electrons. The Kier molecular flexibility index (Phi) is 2.06. The minimum Gasteiger partial charge on any atom is -0.284 e. The van der Waals surface area contributed by atoms with Gasteiger partial charge in [0.05, 0.1) is 0 Å². The van der Waals surface area contributed by atoms with Crippen molar-refractivity contribution in [2.75, 3.05) is 5.73 Å². The minimum atomic E-state index is 0.425. The summed E-state index contributed by atoms with van der Waals surface area (Å²) in [6, 6.07) is 3.66. The van der Waals surface area contributed by atoms with Crippen molar-refractivity contribution in [2.45, 2.75) is 6.92 Å². The van der Waals surface area contributed by atoms with Crippen molar-refractivity contribution >= 4 is 5.95 Å². The highest BCUT2D eigenvalue weighted by atomic mass is 15.5. The molecular weight excluding hydrogens is 178 g/mol. The van der Waals surface area contributed by atoms with E-state index in [-0.39, 0.29) is 0 Å². The van der Waals surface area contributed by atoms with Gasteiger partial charge in [0.1, 0.15) is 24.8 Å². The summed E-state index contributed by atoms with van der Waals surface area (Å²) in [5, 5.41) is 0. The van der Waals surface area contributed by atoms with Gasteiger partial charge in [0.2, 0.25) is 0 Å². The molecule has 2 N–H and O–H groups in total. The summed E-state index contributed by atoms with van der Waals surface area (Å²) in [7, 11) is 0. The smallest absolute Gasteiger partial charge is 0.284 e. The monoisotopic (exact) mass is 189 g/mol. The van der Waals surface area contributed by atoms with E-state index in [0.717, 1.165) is 5.82 Å². The molecule has 0 amide bonds. The van der Waals surface area contributed by atoms with Crippen LogP contribution in [0.3, 0.4) is 0 Å². The van der Waals surface area contributed by atoms with Gasteiger partial charge in [-0.15, -0.1) is 0 Å². The molecule has 2 rings (SSSR count). The van der Waals surface area contributed by atoms with Crippen LogP contribution in [0.5, 0.6) is 0 Å². The van der Waals surface area contributed by atoms with Crippen LogP contribution >= 0.6 is 0 Å². The number of anilines is 1. The molecule has 0 unspecified atom stereocenters. The maximum Gasteiger partial charge on any atom is 0.429 e. The lowest BCUT2D eigenvalue weighted by Gasteiger charge is -1.98. The van der Waals surface area contributed by atoms with Crippen LogP contribution in [0.4, 0.5) is 5.95 Å². The fraction of sp³-hybridized carbons (Fsp3) is 0.111. The van der Waals surface area contributed by atoms with Crippen LogP contribution in [0.15, 0.2) is 36.9 Å². The summed E-state index contributed by atoms with van der Waals surface area (Å²) in [4.78, 5) is 8.14. The number of nitrogens with two attached hydrogens (primary N) is 1. The number of rotatable bonds is 1. The van der Waals surface area contributed by atoms with Crippen molar-refractivity contribution in [2.24, 2.45) is 0 Å². The zero-order chi connectivity index (χ0) is 9.97. The first-order chi connectivity index (χ1) is 6.79. The molecule has 2 heterocycles. The van der Waals surface area contributed by atoms with Crippen LogP contribution in [-0.2, 0) is 0 Å². The summed E-state index contributed by atoms with van der Waals surface area (Å²) in [5.41, 5.74) is 5.72. The lowest BCUT2D eigenvalue weighted by atomic mass is 10.6. The fourth-order valence-corrected chi connectivity index (χ4v) is 1.22. The van der Waals surface area contributed by atoms with Crippen LogP contribution in [0.1, 0.15) is 5.82 Å². The van der Waals surface area contributed by atoms with E-state index < -0.39 is 0 Å². The average Bonchev–Trinajstić information content (AvgIpc) is 2.20. The summed E-state index contributed by atoms with van der Waals surface area (Å²) in [5.74, 6) is 1.27. The molecule has 0 spiro atoms. The van der Waals surface area contributed by atoms with Gasteiger partial charge in [-0.3, -0.25) is 5.73 Å². The normalized spacial score (nSPS) is 10.1. The van der Waals surface area contributed by atoms with Gasteiger partial charge in [-0.1, -0.05) is 19.3 Å². The molecule has 14 heavy (non-hydrogen) atoms. The minimum absolute atomic E-state index is 0.425. The zero-order valence-corrected chi connectivity index (χ0v) is 7.83. The predicted molar refractivity (Wildman–Crippen MR) is 48.8 cm³/mol. The molecule has 5 heteroatoms. The first-order valence-corrected chi connectivity index (χ1v) is 4.25. The Morgan fingerprint density at radius 1 is 1.07 bits per heavy atom. The predicted octanol–water partition coefficient (Wildman–Crippen LogP) is -0.746. The standard InChI is InChI=1S/C9H11N5/c1-8-11-4-2-6-13(8)14-7-3-5-12-9(14)10/h2-7H,1H3,(H2,10,12)/q+2. The Bertz CT molecular complexity index is 411. The number of hydrogen-bond acceptors (Lipinski definition) is 3. The number of nitrogens with zero attached hydrogens (tertiary/aromatic N) is 4. The van der Waals surface area contributed by atoms with Gasteiger partial charge >= 0.3 is 11.8 Å². The van der Waals surface area contributed by atoms with Crippen molar-refractivity contribution < 1.29 is 9.35 Å². The number of nitrogen functional groups attached to an aromatic ring is 1. The third kappa shape index (κ3) is 1.39. The molecule has 0 aliphatic carbocycles. The average molecular weight is 189 g/mol. The third-order valence-corrected chi connectivity index (χ3v) is 1.89. The highest BCUT2D eigenvalue weighted by molar-refractivity contribution is 5.02. The van der Waals surface area contributed by atoms with Crippen molar-refractivity contribution in [1.82, 2.24) is 9.97 Å². The van der Waals surface area contributed by atoms with Crippen molar-refractivity contribution in [3.63, 3.8) is 0 Å². The zero-order valence-electron chi connectivity index (χ0n) is 7.83. The summed E-state index contributed by atoms with van der Waals surface area (Å²) < 4.78 is 3.55. The molecule has 0 aliphatic heterocycles. The fourth-order valence-electron chi connectivity index (χ4n) is 1.22. The van der Waals surface area contributed by atoms with Gasteiger partial charge in [0.25, 0.3) is 0 Å². The number of aryl methyl sites for hydroxylation is 1. The van der Waals surface area contributed by atoms with E-state index in [1.54, 1.807) is 17.1 Å². The Balaban J connectivity index is 2.61. The van der Waals surface area contributed by atoms with Gasteiger partial charge < -0.3 is 0 Å². The number of aromatic nitrogens is 4. The molecule has 0 saturated heterocycles. The Hall–Kier alpha value is -2.04. The first-order valence-electron chi connectivity index (χ1n) is 4.25. The Morgan fingerprint density at radius 3 is 2.36 bits per heavy atom. The van der Waals surface area contributed by atoms with E-state index in [2.05, 4.69) is 9.97 Å². The third-order valence-electron chi connectivity index (χ3n) is 1.89. The van der Waals surface area contributed by atoms with E-state index in [1.807, 2.05) is 36.1 Å². The van der Waals surface area contributed by atoms with E-state index in [9.17, 15) is 0 Å². The van der Waals surface area contributed by atoms with Crippen LogP contribution in [0, 0.1) is 6.92 Å². The lowest BCUT2D eigenvalue weighted by molar-refractivity contribution is -1.29. The molecule has 5 nitrogen and oxygen atoms in total. The van der Waals surface area contributed by atoms with Crippen molar-refractivity contribution in [1.29, 1.82) is 0 Å². The molecule has 0 aliphatic rings. The van der Waals surface area contributed by atoms with Crippen LogP contribution in [-0.4, -0.2) is 9.97 Å². The topological polar surface area (TPSA) is 59.6 Å². The molecule has 0 bridgehead atoms. The quantitative estimate of drug-likeness (QED) is 0.601. The lowest BCUT2D eigenvalue weighted by Crippen LogP contribution is -2.69. The largest absolute Gasteiger partial charge is 0.429 e. The molecule has 2 aromatic rings. The van der Waals surface area contributed by atoms with Gasteiger partial charge in [-0.05, 0) is 0 Å². The van der Waals surface area contributed by atoms with E-state index >= 15 is 0 Å². The molecule has 70 valence electrons. The SMILES string of the molecule is Cc1nccc[n+]1-[n+]1cccnc1N.